The van der Waals surface area contributed by atoms with Gasteiger partial charge in [-0.1, -0.05) is 12.1 Å². The first-order chi connectivity index (χ1) is 13.9. The van der Waals surface area contributed by atoms with Gasteiger partial charge in [0.25, 0.3) is 11.7 Å². The van der Waals surface area contributed by atoms with Gasteiger partial charge in [-0.25, -0.2) is 9.50 Å². The molecule has 29 heavy (non-hydrogen) atoms. The molecule has 0 saturated heterocycles. The maximum atomic E-state index is 12.4. The van der Waals surface area contributed by atoms with Crippen molar-refractivity contribution >= 4 is 17.7 Å². The van der Waals surface area contributed by atoms with Crippen LogP contribution in [0.2, 0.25) is 0 Å². The van der Waals surface area contributed by atoms with Gasteiger partial charge in [0.15, 0.2) is 6.10 Å². The Kier molecular flexibility index (Phi) is 6.06. The number of benzene rings is 1. The zero-order valence-electron chi connectivity index (χ0n) is 16.8. The van der Waals surface area contributed by atoms with Crippen LogP contribution in [0.4, 0.5) is 0 Å². The monoisotopic (exact) mass is 397 g/mol. The first-order valence-electron chi connectivity index (χ1n) is 9.15. The van der Waals surface area contributed by atoms with Crippen molar-refractivity contribution in [2.75, 3.05) is 7.11 Å². The molecule has 0 bridgehead atoms. The first-order valence-corrected chi connectivity index (χ1v) is 9.15. The van der Waals surface area contributed by atoms with Crippen LogP contribution < -0.4 is 10.1 Å². The van der Waals surface area contributed by atoms with Crippen molar-refractivity contribution in [3.8, 4) is 5.75 Å². The predicted molar refractivity (Wildman–Crippen MR) is 104 cm³/mol. The third-order valence-corrected chi connectivity index (χ3v) is 4.61. The molecule has 0 unspecified atom stereocenters. The minimum absolute atomic E-state index is 0.00341. The third kappa shape index (κ3) is 4.68. The number of hydrogen-bond acceptors (Lipinski definition) is 7. The number of esters is 1. The molecule has 0 spiro atoms. The molecule has 1 N–H and O–H groups in total. The van der Waals surface area contributed by atoms with E-state index < -0.39 is 12.1 Å². The summed E-state index contributed by atoms with van der Waals surface area (Å²) in [6, 6.07) is 7.34. The van der Waals surface area contributed by atoms with Crippen LogP contribution in [0.15, 0.2) is 30.6 Å². The summed E-state index contributed by atoms with van der Waals surface area (Å²) in [5, 5.41) is 6.86. The topological polar surface area (TPSA) is 108 Å². The lowest BCUT2D eigenvalue weighted by molar-refractivity contribution is -0.154. The molecule has 0 fully saturated rings. The molecule has 9 nitrogen and oxygen atoms in total. The molecule has 3 rings (SSSR count). The second kappa shape index (κ2) is 8.68. The summed E-state index contributed by atoms with van der Waals surface area (Å²) in [5.74, 6) is 0.340. The lowest BCUT2D eigenvalue weighted by Gasteiger charge is -2.15. The Morgan fingerprint density at radius 1 is 1.21 bits per heavy atom. The predicted octanol–water partition coefficient (Wildman–Crippen LogP) is 1.54. The number of ether oxygens (including phenoxy) is 2. The van der Waals surface area contributed by atoms with Crippen LogP contribution in [-0.2, 0) is 27.3 Å². The molecule has 0 saturated carbocycles. The van der Waals surface area contributed by atoms with Crippen LogP contribution in [-0.4, -0.2) is 44.7 Å². The Labute approximate surface area is 168 Å². The number of hydrogen-bond donors (Lipinski definition) is 1. The van der Waals surface area contributed by atoms with Crippen LogP contribution in [0.1, 0.15) is 29.4 Å². The molecule has 0 radical (unpaired) electrons. The normalized spacial score (nSPS) is 11.9. The van der Waals surface area contributed by atoms with E-state index in [1.807, 2.05) is 31.2 Å². The molecule has 3 aromatic rings. The fraction of sp³-hybridized carbons (Fsp3) is 0.350. The first kappa shape index (κ1) is 20.2. The molecule has 1 amide bonds. The fourth-order valence-corrected chi connectivity index (χ4v) is 2.92. The summed E-state index contributed by atoms with van der Waals surface area (Å²) < 4.78 is 12.0. The number of nitrogens with one attached hydrogen (secondary N) is 1. The van der Waals surface area contributed by atoms with Gasteiger partial charge in [-0.05, 0) is 38.5 Å². The number of amides is 1. The number of carbonyl (C=O) groups excluding carboxylic acids is 2. The number of aromatic nitrogens is 4. The van der Waals surface area contributed by atoms with Gasteiger partial charge in [0.1, 0.15) is 12.1 Å². The summed E-state index contributed by atoms with van der Waals surface area (Å²) in [7, 11) is 1.59. The van der Waals surface area contributed by atoms with E-state index in [9.17, 15) is 9.59 Å². The standard InChI is InChI=1S/C20H23N5O4/c1-12-17(13(2)25-20(24-12)22-11-23-25)9-18(26)29-14(3)19(27)21-10-15-5-7-16(28-4)8-6-15/h5-8,11,14H,9-10H2,1-4H3,(H,21,27)/t14-/m1/s1. The molecule has 1 aromatic carbocycles. The summed E-state index contributed by atoms with van der Waals surface area (Å²) in [4.78, 5) is 33.0. The number of methoxy groups -OCH3 is 1. The zero-order valence-corrected chi connectivity index (χ0v) is 16.8. The van der Waals surface area contributed by atoms with Crippen LogP contribution in [0.5, 0.6) is 5.75 Å². The second-order valence-electron chi connectivity index (χ2n) is 6.61. The highest BCUT2D eigenvalue weighted by molar-refractivity contribution is 5.84. The Morgan fingerprint density at radius 3 is 2.62 bits per heavy atom. The zero-order chi connectivity index (χ0) is 21.0. The summed E-state index contributed by atoms with van der Waals surface area (Å²) in [6.45, 7) is 5.51. The molecule has 0 aliphatic rings. The minimum atomic E-state index is -0.913. The summed E-state index contributed by atoms with van der Waals surface area (Å²) in [6.07, 6.45) is 0.493. The lowest BCUT2D eigenvalue weighted by Crippen LogP contribution is -2.35. The van der Waals surface area contributed by atoms with Gasteiger partial charge in [-0.2, -0.15) is 10.1 Å². The maximum absolute atomic E-state index is 12.4. The molecular formula is C20H23N5O4. The van der Waals surface area contributed by atoms with E-state index in [1.54, 1.807) is 25.5 Å². The quantitative estimate of drug-likeness (QED) is 0.603. The van der Waals surface area contributed by atoms with Gasteiger partial charge in [0, 0.05) is 23.5 Å². The van der Waals surface area contributed by atoms with Crippen molar-refractivity contribution in [3.63, 3.8) is 0 Å². The van der Waals surface area contributed by atoms with E-state index in [0.717, 1.165) is 17.0 Å². The van der Waals surface area contributed by atoms with Crippen molar-refractivity contribution < 1.29 is 19.1 Å². The number of aryl methyl sites for hydroxylation is 2. The number of carbonyl (C=O) groups is 2. The number of fused-ring (bicyclic) bond motifs is 1. The van der Waals surface area contributed by atoms with Gasteiger partial charge in [0.05, 0.1) is 13.5 Å². The van der Waals surface area contributed by atoms with E-state index in [4.69, 9.17) is 9.47 Å². The minimum Gasteiger partial charge on any atom is -0.497 e. The highest BCUT2D eigenvalue weighted by atomic mass is 16.5. The number of nitrogens with zero attached hydrogens (tertiary/aromatic N) is 4. The Bertz CT molecular complexity index is 1030. The molecule has 0 aliphatic carbocycles. The van der Waals surface area contributed by atoms with E-state index >= 15 is 0 Å². The van der Waals surface area contributed by atoms with Crippen LogP contribution in [0, 0.1) is 13.8 Å². The third-order valence-electron chi connectivity index (χ3n) is 4.61. The van der Waals surface area contributed by atoms with Crippen molar-refractivity contribution in [3.05, 3.63) is 53.1 Å². The van der Waals surface area contributed by atoms with E-state index in [0.29, 0.717) is 23.6 Å². The molecule has 9 heteroatoms. The van der Waals surface area contributed by atoms with E-state index in [2.05, 4.69) is 20.4 Å². The molecular weight excluding hydrogens is 374 g/mol. The Hall–Kier alpha value is -3.49. The van der Waals surface area contributed by atoms with Crippen LogP contribution in [0.3, 0.4) is 0 Å². The van der Waals surface area contributed by atoms with E-state index in [1.165, 1.54) is 6.33 Å². The Balaban J connectivity index is 1.56. The average molecular weight is 397 g/mol. The number of rotatable bonds is 7. The summed E-state index contributed by atoms with van der Waals surface area (Å²) >= 11 is 0. The molecule has 2 aromatic heterocycles. The summed E-state index contributed by atoms with van der Waals surface area (Å²) in [5.41, 5.74) is 3.06. The maximum Gasteiger partial charge on any atom is 0.311 e. The van der Waals surface area contributed by atoms with Crippen molar-refractivity contribution in [2.24, 2.45) is 0 Å². The molecule has 2 heterocycles. The highest BCUT2D eigenvalue weighted by Crippen LogP contribution is 2.15. The van der Waals surface area contributed by atoms with Gasteiger partial charge < -0.3 is 14.8 Å². The lowest BCUT2D eigenvalue weighted by atomic mass is 10.1. The largest absolute Gasteiger partial charge is 0.497 e. The van der Waals surface area contributed by atoms with Gasteiger partial charge >= 0.3 is 5.97 Å². The molecule has 152 valence electrons. The van der Waals surface area contributed by atoms with Crippen LogP contribution >= 0.6 is 0 Å². The van der Waals surface area contributed by atoms with E-state index in [-0.39, 0.29) is 12.3 Å². The van der Waals surface area contributed by atoms with Gasteiger partial charge in [-0.3, -0.25) is 9.59 Å². The van der Waals surface area contributed by atoms with Crippen molar-refractivity contribution in [1.29, 1.82) is 0 Å². The average Bonchev–Trinajstić information content (AvgIpc) is 3.18. The van der Waals surface area contributed by atoms with Crippen molar-refractivity contribution in [1.82, 2.24) is 24.9 Å². The molecule has 0 aliphatic heterocycles. The second-order valence-corrected chi connectivity index (χ2v) is 6.61. The van der Waals surface area contributed by atoms with Gasteiger partial charge in [0.2, 0.25) is 0 Å². The Morgan fingerprint density at radius 2 is 1.93 bits per heavy atom. The fourth-order valence-electron chi connectivity index (χ4n) is 2.92. The van der Waals surface area contributed by atoms with Crippen molar-refractivity contribution in [2.45, 2.75) is 39.8 Å². The van der Waals surface area contributed by atoms with Crippen LogP contribution in [0.25, 0.3) is 5.78 Å². The molecule has 1 atom stereocenters. The van der Waals surface area contributed by atoms with Gasteiger partial charge in [-0.15, -0.1) is 0 Å². The smallest absolute Gasteiger partial charge is 0.311 e. The highest BCUT2D eigenvalue weighted by Gasteiger charge is 2.20. The SMILES string of the molecule is COc1ccc(CNC(=O)[C@@H](C)OC(=O)Cc2c(C)nc3ncnn3c2C)cc1.